The molecule has 4 nitrogen and oxygen atoms in total. The van der Waals surface area contributed by atoms with Crippen LogP contribution >= 0.6 is 0 Å². The third-order valence-electron chi connectivity index (χ3n) is 3.01. The minimum Gasteiger partial charge on any atom is -0.347 e. The zero-order valence-electron chi connectivity index (χ0n) is 11.8. The number of carbonyl (C=O) groups excluding carboxylic acids is 1. The predicted octanol–water partition coefficient (Wildman–Crippen LogP) is 2.78. The van der Waals surface area contributed by atoms with Crippen molar-refractivity contribution in [2.24, 2.45) is 0 Å². The molecule has 2 rings (SSSR count). The molecule has 0 aromatic heterocycles. The second kappa shape index (κ2) is 7.42. The first-order valence-electron chi connectivity index (χ1n) is 6.67. The van der Waals surface area contributed by atoms with E-state index in [2.05, 4.69) is 5.32 Å². The summed E-state index contributed by atoms with van der Waals surface area (Å²) in [6, 6.07) is 20.1. The van der Waals surface area contributed by atoms with E-state index in [4.69, 9.17) is 10.5 Å². The lowest BCUT2D eigenvalue weighted by molar-refractivity contribution is -0.117. The van der Waals surface area contributed by atoms with Crippen LogP contribution in [0.15, 0.2) is 60.2 Å². The van der Waals surface area contributed by atoms with Gasteiger partial charge in [-0.1, -0.05) is 42.5 Å². The topological polar surface area (TPSA) is 76.7 Å². The minimum atomic E-state index is -0.421. The van der Waals surface area contributed by atoms with Crippen LogP contribution in [-0.2, 0) is 11.3 Å². The molecule has 4 heteroatoms. The van der Waals surface area contributed by atoms with Gasteiger partial charge in [-0.15, -0.1) is 0 Å². The van der Waals surface area contributed by atoms with Crippen LogP contribution in [0.4, 0.5) is 0 Å². The van der Waals surface area contributed by atoms with E-state index in [9.17, 15) is 4.79 Å². The van der Waals surface area contributed by atoms with Gasteiger partial charge in [0.1, 0.15) is 11.6 Å². The second-order valence-electron chi connectivity index (χ2n) is 4.57. The van der Waals surface area contributed by atoms with Crippen LogP contribution in [-0.4, -0.2) is 5.91 Å². The maximum Gasteiger partial charge on any atom is 0.262 e. The van der Waals surface area contributed by atoms with Gasteiger partial charge in [-0.2, -0.15) is 10.5 Å². The Kier molecular flexibility index (Phi) is 5.07. The van der Waals surface area contributed by atoms with Gasteiger partial charge in [0.2, 0.25) is 0 Å². The highest BCUT2D eigenvalue weighted by Gasteiger charge is 2.08. The van der Waals surface area contributed by atoms with Gasteiger partial charge < -0.3 is 5.32 Å². The molecule has 2 aromatic rings. The molecule has 0 saturated heterocycles. The van der Waals surface area contributed by atoms with Gasteiger partial charge in [0.25, 0.3) is 5.91 Å². The molecular formula is C18H13N3O. The van der Waals surface area contributed by atoms with Gasteiger partial charge in [0.05, 0.1) is 11.6 Å². The molecule has 0 unspecified atom stereocenters. The summed E-state index contributed by atoms with van der Waals surface area (Å²) in [6.45, 7) is 0.367. The molecule has 0 spiro atoms. The van der Waals surface area contributed by atoms with E-state index in [1.807, 2.05) is 42.5 Å². The zero-order chi connectivity index (χ0) is 15.8. The number of hydrogen-bond donors (Lipinski definition) is 1. The highest BCUT2D eigenvalue weighted by Crippen LogP contribution is 2.09. The van der Waals surface area contributed by atoms with Crippen LogP contribution in [0, 0.1) is 22.7 Å². The van der Waals surface area contributed by atoms with Crippen molar-refractivity contribution in [3.8, 4) is 12.1 Å². The van der Waals surface area contributed by atoms with Crippen molar-refractivity contribution in [1.82, 2.24) is 5.32 Å². The van der Waals surface area contributed by atoms with Crippen LogP contribution in [0.2, 0.25) is 0 Å². The van der Waals surface area contributed by atoms with Crippen molar-refractivity contribution in [3.63, 3.8) is 0 Å². The number of carbonyl (C=O) groups is 1. The summed E-state index contributed by atoms with van der Waals surface area (Å²) < 4.78 is 0. The summed E-state index contributed by atoms with van der Waals surface area (Å²) in [4.78, 5) is 12.0. The van der Waals surface area contributed by atoms with Crippen molar-refractivity contribution in [1.29, 1.82) is 10.5 Å². The molecule has 0 radical (unpaired) electrons. The molecule has 0 aliphatic heterocycles. The van der Waals surface area contributed by atoms with E-state index in [1.165, 1.54) is 6.08 Å². The molecule has 0 bridgehead atoms. The molecule has 0 fully saturated rings. The quantitative estimate of drug-likeness (QED) is 0.694. The first kappa shape index (κ1) is 15.0. The van der Waals surface area contributed by atoms with E-state index in [-0.39, 0.29) is 5.57 Å². The van der Waals surface area contributed by atoms with E-state index >= 15 is 0 Å². The van der Waals surface area contributed by atoms with Crippen LogP contribution < -0.4 is 5.32 Å². The SMILES string of the molecule is N#C/C(=C\c1ccc(C#N)cc1)C(=O)NCc1ccccc1. The minimum absolute atomic E-state index is 0.0284. The molecule has 0 aliphatic carbocycles. The number of amides is 1. The lowest BCUT2D eigenvalue weighted by Crippen LogP contribution is -2.23. The highest BCUT2D eigenvalue weighted by atomic mass is 16.1. The first-order valence-corrected chi connectivity index (χ1v) is 6.67. The molecule has 2 aromatic carbocycles. The van der Waals surface area contributed by atoms with Gasteiger partial charge in [0, 0.05) is 6.54 Å². The average Bonchev–Trinajstić information content (AvgIpc) is 2.59. The lowest BCUT2D eigenvalue weighted by Gasteiger charge is -2.04. The van der Waals surface area contributed by atoms with Gasteiger partial charge >= 0.3 is 0 Å². The highest BCUT2D eigenvalue weighted by molar-refractivity contribution is 6.01. The Bertz CT molecular complexity index is 763. The Morgan fingerprint density at radius 2 is 1.73 bits per heavy atom. The Hall–Kier alpha value is -3.37. The van der Waals surface area contributed by atoms with E-state index in [0.29, 0.717) is 17.7 Å². The van der Waals surface area contributed by atoms with Crippen molar-refractivity contribution >= 4 is 12.0 Å². The normalized spacial score (nSPS) is 10.4. The Labute approximate surface area is 128 Å². The monoisotopic (exact) mass is 287 g/mol. The number of benzene rings is 2. The van der Waals surface area contributed by atoms with Crippen LogP contribution in [0.3, 0.4) is 0 Å². The fourth-order valence-electron chi connectivity index (χ4n) is 1.84. The molecule has 0 heterocycles. The molecule has 0 aliphatic rings. The number of nitriles is 2. The Balaban J connectivity index is 2.06. The summed E-state index contributed by atoms with van der Waals surface area (Å²) in [6.07, 6.45) is 1.50. The average molecular weight is 287 g/mol. The van der Waals surface area contributed by atoms with Crippen molar-refractivity contribution in [2.75, 3.05) is 0 Å². The maximum atomic E-state index is 12.0. The van der Waals surface area contributed by atoms with Gasteiger partial charge in [-0.3, -0.25) is 4.79 Å². The van der Waals surface area contributed by atoms with E-state index < -0.39 is 5.91 Å². The number of rotatable bonds is 4. The summed E-state index contributed by atoms with van der Waals surface area (Å²) in [5.74, 6) is -0.421. The fourth-order valence-corrected chi connectivity index (χ4v) is 1.84. The molecule has 0 atom stereocenters. The summed E-state index contributed by atoms with van der Waals surface area (Å²) in [5, 5.41) is 20.6. The van der Waals surface area contributed by atoms with Crippen molar-refractivity contribution in [3.05, 3.63) is 76.9 Å². The number of nitrogens with one attached hydrogen (secondary N) is 1. The van der Waals surface area contributed by atoms with Gasteiger partial charge in [-0.25, -0.2) is 0 Å². The third-order valence-corrected chi connectivity index (χ3v) is 3.01. The Morgan fingerprint density at radius 3 is 2.32 bits per heavy atom. The van der Waals surface area contributed by atoms with E-state index in [0.717, 1.165) is 5.56 Å². The van der Waals surface area contributed by atoms with Gasteiger partial charge in [-0.05, 0) is 29.3 Å². The largest absolute Gasteiger partial charge is 0.347 e. The van der Waals surface area contributed by atoms with Crippen LogP contribution in [0.5, 0.6) is 0 Å². The van der Waals surface area contributed by atoms with Crippen LogP contribution in [0.25, 0.3) is 6.08 Å². The third kappa shape index (κ3) is 4.06. The van der Waals surface area contributed by atoms with Crippen molar-refractivity contribution in [2.45, 2.75) is 6.54 Å². The molecule has 0 saturated carbocycles. The van der Waals surface area contributed by atoms with Gasteiger partial charge in [0.15, 0.2) is 0 Å². The second-order valence-corrected chi connectivity index (χ2v) is 4.57. The lowest BCUT2D eigenvalue weighted by atomic mass is 10.1. The molecular weight excluding hydrogens is 274 g/mol. The summed E-state index contributed by atoms with van der Waals surface area (Å²) in [5.41, 5.74) is 2.22. The predicted molar refractivity (Wildman–Crippen MR) is 83.0 cm³/mol. The fraction of sp³-hybridized carbons (Fsp3) is 0.0556. The number of hydrogen-bond acceptors (Lipinski definition) is 3. The van der Waals surface area contributed by atoms with Crippen molar-refractivity contribution < 1.29 is 4.79 Å². The molecule has 22 heavy (non-hydrogen) atoms. The smallest absolute Gasteiger partial charge is 0.262 e. The molecule has 106 valence electrons. The molecule has 1 N–H and O–H groups in total. The standard InChI is InChI=1S/C18H13N3O/c19-11-15-8-6-14(7-9-15)10-17(12-20)18(22)21-13-16-4-2-1-3-5-16/h1-10H,13H2,(H,21,22)/b17-10+. The maximum absolute atomic E-state index is 12.0. The van der Waals surface area contributed by atoms with E-state index in [1.54, 1.807) is 24.3 Å². The summed E-state index contributed by atoms with van der Waals surface area (Å²) >= 11 is 0. The zero-order valence-corrected chi connectivity index (χ0v) is 11.8. The first-order chi connectivity index (χ1) is 10.7. The summed E-state index contributed by atoms with van der Waals surface area (Å²) in [7, 11) is 0. The van der Waals surface area contributed by atoms with Crippen LogP contribution in [0.1, 0.15) is 16.7 Å². The Morgan fingerprint density at radius 1 is 1.05 bits per heavy atom. The number of nitrogens with zero attached hydrogens (tertiary/aromatic N) is 2. The molecule has 1 amide bonds.